The molecule has 0 aromatic carbocycles. The molecule has 2 atom stereocenters. The Bertz CT molecular complexity index is 231. The van der Waals surface area contributed by atoms with E-state index < -0.39 is 18.2 Å². The molecule has 1 radical (unpaired) electrons. The van der Waals surface area contributed by atoms with Gasteiger partial charge in [-0.3, -0.25) is 4.90 Å². The number of halogens is 3. The summed E-state index contributed by atoms with van der Waals surface area (Å²) in [5.41, 5.74) is 0.673. The molecule has 0 aromatic heterocycles. The molecule has 0 saturated carbocycles. The molecule has 5 heteroatoms. The van der Waals surface area contributed by atoms with Crippen molar-refractivity contribution in [1.82, 2.24) is 4.90 Å². The van der Waals surface area contributed by atoms with Gasteiger partial charge in [-0.2, -0.15) is 0 Å². The van der Waals surface area contributed by atoms with Gasteiger partial charge in [0.25, 0.3) is 0 Å². The van der Waals surface area contributed by atoms with Gasteiger partial charge in [-0.05, 0) is 32.1 Å². The predicted octanol–water partition coefficient (Wildman–Crippen LogP) is 5.83. The van der Waals surface area contributed by atoms with E-state index in [2.05, 4.69) is 59.9 Å². The van der Waals surface area contributed by atoms with Crippen molar-refractivity contribution in [3.05, 3.63) is 14.0 Å². The molecule has 0 bridgehead atoms. The molecule has 1 aliphatic rings. The third kappa shape index (κ3) is 7.48. The van der Waals surface area contributed by atoms with Gasteiger partial charge in [0, 0.05) is 18.1 Å². The number of rotatable bonds is 0. The Kier molecular flexibility index (Phi) is 10.1. The van der Waals surface area contributed by atoms with Crippen LogP contribution in [0.2, 0.25) is 0 Å². The Labute approximate surface area is 133 Å². The van der Waals surface area contributed by atoms with Gasteiger partial charge in [0.15, 0.2) is 0 Å². The van der Waals surface area contributed by atoms with Crippen LogP contribution in [-0.2, 0) is 18.2 Å². The Balaban J connectivity index is 0. The summed E-state index contributed by atoms with van der Waals surface area (Å²) in [5, 5.41) is 0. The number of nitrogens with zero attached hydrogens (tertiary/aromatic N) is 1. The summed E-state index contributed by atoms with van der Waals surface area (Å²) in [6.07, 6.45) is 0. The summed E-state index contributed by atoms with van der Waals surface area (Å²) in [6.45, 7) is 18.5. The van der Waals surface area contributed by atoms with Crippen LogP contribution in [0.1, 0.15) is 48.5 Å². The average molecular weight is 395 g/mol. The first-order valence-corrected chi connectivity index (χ1v) is 15.3. The van der Waals surface area contributed by atoms with Gasteiger partial charge in [-0.15, -0.1) is 0 Å². The van der Waals surface area contributed by atoms with E-state index >= 15 is 0 Å². The maximum atomic E-state index is 5.00. The average Bonchev–Trinajstić information content (AvgIpc) is 1.92. The minimum atomic E-state index is -2.13. The third-order valence-electron chi connectivity index (χ3n) is 2.86. The topological polar surface area (TPSA) is 3.24 Å². The molecule has 1 saturated heterocycles. The van der Waals surface area contributed by atoms with Crippen molar-refractivity contribution < 1.29 is 18.2 Å². The van der Waals surface area contributed by atoms with Crippen molar-refractivity contribution in [1.29, 1.82) is 0 Å². The zero-order valence-corrected chi connectivity index (χ0v) is 17.5. The fraction of sp³-hybridized carbons (Fsp3) is 0.846. The minimum absolute atomic E-state index is 0. The molecule has 1 aliphatic heterocycles. The van der Waals surface area contributed by atoms with E-state index in [4.69, 9.17) is 25.5 Å². The van der Waals surface area contributed by atoms with E-state index in [0.717, 1.165) is 5.92 Å². The van der Waals surface area contributed by atoms with Crippen molar-refractivity contribution in [2.75, 3.05) is 0 Å². The maximum absolute atomic E-state index is 5.00. The molecule has 1 fully saturated rings. The first kappa shape index (κ1) is 22.0. The second-order valence-electron chi connectivity index (χ2n) is 6.61. The molecule has 18 heavy (non-hydrogen) atoms. The fourth-order valence-corrected chi connectivity index (χ4v) is 2.43. The van der Waals surface area contributed by atoms with E-state index in [9.17, 15) is 0 Å². The molecule has 2 unspecified atom stereocenters. The van der Waals surface area contributed by atoms with Crippen LogP contribution in [0, 0.1) is 25.3 Å². The number of hydrogen-bond acceptors (Lipinski definition) is 1. The molecule has 1 heterocycles. The zero-order valence-electron chi connectivity index (χ0n) is 12.8. The van der Waals surface area contributed by atoms with Crippen LogP contribution in [-0.4, -0.2) is 16.5 Å². The Morgan fingerprint density at radius 2 is 1.33 bits per heavy atom. The van der Waals surface area contributed by atoms with Crippen LogP contribution < -0.4 is 0 Å². The molecule has 110 valence electrons. The molecule has 0 N–H and O–H groups in total. The molecule has 1 rings (SSSR count). The van der Waals surface area contributed by atoms with E-state index in [-0.39, 0.29) is 13.0 Å². The first-order chi connectivity index (χ1) is 7.37. The van der Waals surface area contributed by atoms with Gasteiger partial charge in [-0.25, -0.2) is 0 Å². The van der Waals surface area contributed by atoms with Crippen LogP contribution in [0.15, 0.2) is 0 Å². The van der Waals surface area contributed by atoms with Crippen LogP contribution in [0.5, 0.6) is 0 Å². The SMILES string of the molecule is CC1[CH]N(C(C)(C)C)C1C(C)(C)C.[CH3-].[Cl][Zr]([Cl])[Cl]. The molecule has 0 aliphatic carbocycles. The molecule has 1 nitrogen and oxygen atoms in total. The normalized spacial score (nSPS) is 24.3. The van der Waals surface area contributed by atoms with Crippen molar-refractivity contribution in [2.45, 2.75) is 60.0 Å². The standard InChI is InChI=1S/C12H24N.CH3.3ClH.Zr/c1-9-8-13(12(5,6)7)10(9)11(2,3)4;;;;;/h8-10H,1-7H3;1H3;3*1H;/q;-1;;;;+3/p-3. The fourth-order valence-electron chi connectivity index (χ4n) is 2.43. The molecule has 0 spiro atoms. The zero-order chi connectivity index (χ0) is 14.0. The summed E-state index contributed by atoms with van der Waals surface area (Å²) in [5.74, 6) is 0.735. The van der Waals surface area contributed by atoms with Gasteiger partial charge in [-0.1, -0.05) is 27.7 Å². The van der Waals surface area contributed by atoms with E-state index in [1.165, 1.54) is 0 Å². The Hall–Kier alpha value is 1.71. The van der Waals surface area contributed by atoms with Gasteiger partial charge < -0.3 is 7.43 Å². The van der Waals surface area contributed by atoms with Crippen LogP contribution >= 0.6 is 25.5 Å². The van der Waals surface area contributed by atoms with Crippen LogP contribution in [0.25, 0.3) is 0 Å². The molecular weight excluding hydrogens is 368 g/mol. The summed E-state index contributed by atoms with van der Waals surface area (Å²) in [7, 11) is 15.0. The Morgan fingerprint density at radius 1 is 1.00 bits per heavy atom. The predicted molar refractivity (Wildman–Crippen MR) is 82.3 cm³/mol. The van der Waals surface area contributed by atoms with Gasteiger partial charge in [0.2, 0.25) is 0 Å². The number of hydrogen-bond donors (Lipinski definition) is 0. The summed E-state index contributed by atoms with van der Waals surface area (Å²) < 4.78 is 0. The third-order valence-corrected chi connectivity index (χ3v) is 2.86. The monoisotopic (exact) mass is 392 g/mol. The van der Waals surface area contributed by atoms with Gasteiger partial charge in [0.1, 0.15) is 0 Å². The number of likely N-dealkylation sites (tertiary alicyclic amines) is 1. The van der Waals surface area contributed by atoms with Crippen LogP contribution in [0.4, 0.5) is 0 Å². The summed E-state index contributed by atoms with van der Waals surface area (Å²) in [4.78, 5) is 2.51. The van der Waals surface area contributed by atoms with E-state index in [0.29, 0.717) is 11.5 Å². The molecule has 0 amide bonds. The Morgan fingerprint density at radius 3 is 1.44 bits per heavy atom. The second kappa shape index (κ2) is 8.23. The second-order valence-corrected chi connectivity index (χ2v) is 17.8. The van der Waals surface area contributed by atoms with E-state index in [1.54, 1.807) is 0 Å². The van der Waals surface area contributed by atoms with Gasteiger partial charge in [0.05, 0.1) is 0 Å². The first-order valence-electron chi connectivity index (χ1n) is 5.84. The molecular formula is C13H27Cl3NZr-. The quantitative estimate of drug-likeness (QED) is 0.467. The molecule has 0 aromatic rings. The van der Waals surface area contributed by atoms with Gasteiger partial charge >= 0.3 is 43.7 Å². The van der Waals surface area contributed by atoms with Crippen LogP contribution in [0.3, 0.4) is 0 Å². The van der Waals surface area contributed by atoms with Crippen molar-refractivity contribution in [3.8, 4) is 0 Å². The summed E-state index contributed by atoms with van der Waals surface area (Å²) in [6, 6.07) is 0.701. The van der Waals surface area contributed by atoms with Crippen molar-refractivity contribution in [2.24, 2.45) is 11.3 Å². The van der Waals surface area contributed by atoms with Crippen molar-refractivity contribution >= 4 is 25.5 Å². The van der Waals surface area contributed by atoms with Crippen molar-refractivity contribution in [3.63, 3.8) is 0 Å². The summed E-state index contributed by atoms with van der Waals surface area (Å²) >= 11 is -2.13. The van der Waals surface area contributed by atoms with E-state index in [1.807, 2.05) is 0 Å².